The van der Waals surface area contributed by atoms with E-state index in [0.29, 0.717) is 19.6 Å². The van der Waals surface area contributed by atoms with Gasteiger partial charge in [-0.15, -0.1) is 0 Å². The maximum Gasteiger partial charge on any atom is 0.317 e. The molecule has 0 saturated carbocycles. The third-order valence-corrected chi connectivity index (χ3v) is 5.61. The molecule has 1 aromatic heterocycles. The standard InChI is InChI=1S/C11H13ClN4O3S/c12-10-2-1-9(6-13-10)20(18,19)15-3-4-16-8(7-15)5-14-11(16)17/h1-2,6,8H,3-5,7H2,(H,14,17). The first-order chi connectivity index (χ1) is 9.48. The van der Waals surface area contributed by atoms with Gasteiger partial charge in [-0.05, 0) is 12.1 Å². The molecule has 9 heteroatoms. The number of hydrogen-bond donors (Lipinski definition) is 1. The number of carbonyl (C=O) groups is 1. The highest BCUT2D eigenvalue weighted by molar-refractivity contribution is 7.89. The fraction of sp³-hybridized carbons (Fsp3) is 0.455. The van der Waals surface area contributed by atoms with Crippen molar-refractivity contribution in [2.75, 3.05) is 26.2 Å². The smallest absolute Gasteiger partial charge is 0.317 e. The van der Waals surface area contributed by atoms with Gasteiger partial charge in [0.2, 0.25) is 10.0 Å². The summed E-state index contributed by atoms with van der Waals surface area (Å²) < 4.78 is 26.4. The Labute approximate surface area is 121 Å². The summed E-state index contributed by atoms with van der Waals surface area (Å²) in [5.74, 6) is 0. The zero-order valence-electron chi connectivity index (χ0n) is 10.5. The lowest BCUT2D eigenvalue weighted by Gasteiger charge is -2.35. The number of piperazine rings is 1. The molecule has 108 valence electrons. The van der Waals surface area contributed by atoms with Crippen molar-refractivity contribution in [2.24, 2.45) is 0 Å². The molecule has 2 saturated heterocycles. The average Bonchev–Trinajstić information content (AvgIpc) is 2.80. The lowest BCUT2D eigenvalue weighted by atomic mass is 10.2. The molecule has 1 unspecified atom stereocenters. The average molecular weight is 317 g/mol. The van der Waals surface area contributed by atoms with Crippen molar-refractivity contribution in [1.82, 2.24) is 19.5 Å². The Morgan fingerprint density at radius 2 is 2.15 bits per heavy atom. The molecule has 0 aliphatic carbocycles. The molecule has 3 rings (SSSR count). The minimum Gasteiger partial charge on any atom is -0.336 e. The van der Waals surface area contributed by atoms with E-state index in [9.17, 15) is 13.2 Å². The second-order valence-corrected chi connectivity index (χ2v) is 7.04. The summed E-state index contributed by atoms with van der Waals surface area (Å²) in [4.78, 5) is 17.1. The number of halogens is 1. The fourth-order valence-corrected chi connectivity index (χ4v) is 3.98. The van der Waals surface area contributed by atoms with Crippen LogP contribution in [0.3, 0.4) is 0 Å². The lowest BCUT2D eigenvalue weighted by molar-refractivity contribution is 0.164. The molecular formula is C11H13ClN4O3S. The molecule has 2 amide bonds. The number of fused-ring (bicyclic) bond motifs is 1. The van der Waals surface area contributed by atoms with Crippen molar-refractivity contribution in [1.29, 1.82) is 0 Å². The largest absolute Gasteiger partial charge is 0.336 e. The topological polar surface area (TPSA) is 82.6 Å². The van der Waals surface area contributed by atoms with Crippen molar-refractivity contribution in [3.05, 3.63) is 23.5 Å². The number of amides is 2. The summed E-state index contributed by atoms with van der Waals surface area (Å²) in [6, 6.07) is 2.66. The molecule has 1 aromatic rings. The minimum absolute atomic E-state index is 0.105. The van der Waals surface area contributed by atoms with Crippen LogP contribution >= 0.6 is 11.6 Å². The van der Waals surface area contributed by atoms with Gasteiger partial charge in [0.25, 0.3) is 0 Å². The summed E-state index contributed by atoms with van der Waals surface area (Å²) in [6.45, 7) is 1.46. The van der Waals surface area contributed by atoms with E-state index in [1.54, 1.807) is 4.90 Å². The number of rotatable bonds is 2. The van der Waals surface area contributed by atoms with E-state index in [0.717, 1.165) is 0 Å². The van der Waals surface area contributed by atoms with Crippen LogP contribution in [0.5, 0.6) is 0 Å². The summed E-state index contributed by atoms with van der Waals surface area (Å²) in [5, 5.41) is 2.97. The van der Waals surface area contributed by atoms with Crippen molar-refractivity contribution in [2.45, 2.75) is 10.9 Å². The van der Waals surface area contributed by atoms with Gasteiger partial charge in [0, 0.05) is 32.4 Å². The lowest BCUT2D eigenvalue weighted by Crippen LogP contribution is -2.53. The molecule has 0 aromatic carbocycles. The number of nitrogens with one attached hydrogen (secondary N) is 1. The summed E-state index contributed by atoms with van der Waals surface area (Å²) in [7, 11) is -3.59. The molecular weight excluding hydrogens is 304 g/mol. The van der Waals surface area contributed by atoms with Crippen molar-refractivity contribution in [3.63, 3.8) is 0 Å². The van der Waals surface area contributed by atoms with E-state index >= 15 is 0 Å². The highest BCUT2D eigenvalue weighted by Crippen LogP contribution is 2.22. The summed E-state index contributed by atoms with van der Waals surface area (Å²) in [6.07, 6.45) is 1.25. The number of aromatic nitrogens is 1. The molecule has 1 atom stereocenters. The number of nitrogens with zero attached hydrogens (tertiary/aromatic N) is 3. The second-order valence-electron chi connectivity index (χ2n) is 4.71. The number of carbonyl (C=O) groups excluding carboxylic acids is 1. The molecule has 0 bridgehead atoms. The number of urea groups is 1. The van der Waals surface area contributed by atoms with Crippen LogP contribution in [0.4, 0.5) is 4.79 Å². The fourth-order valence-electron chi connectivity index (χ4n) is 2.46. The number of pyridine rings is 1. The van der Waals surface area contributed by atoms with E-state index in [1.807, 2.05) is 0 Å². The Kier molecular flexibility index (Phi) is 3.31. The van der Waals surface area contributed by atoms with Crippen LogP contribution in [0.25, 0.3) is 0 Å². The Hall–Kier alpha value is -1.38. The van der Waals surface area contributed by atoms with Crippen LogP contribution in [0.15, 0.2) is 23.2 Å². The highest BCUT2D eigenvalue weighted by atomic mass is 35.5. The Morgan fingerprint density at radius 3 is 2.85 bits per heavy atom. The van der Waals surface area contributed by atoms with E-state index < -0.39 is 10.0 Å². The van der Waals surface area contributed by atoms with Crippen molar-refractivity contribution in [3.8, 4) is 0 Å². The van der Waals surface area contributed by atoms with Crippen LogP contribution < -0.4 is 5.32 Å². The van der Waals surface area contributed by atoms with Gasteiger partial charge in [0.15, 0.2) is 0 Å². The second kappa shape index (κ2) is 4.87. The van der Waals surface area contributed by atoms with Gasteiger partial charge in [-0.2, -0.15) is 4.31 Å². The maximum atomic E-state index is 12.5. The SMILES string of the molecule is O=C1NCC2CN(S(=O)(=O)c3ccc(Cl)nc3)CCN12. The van der Waals surface area contributed by atoms with Gasteiger partial charge in [-0.25, -0.2) is 18.2 Å². The van der Waals surface area contributed by atoms with Gasteiger partial charge in [-0.1, -0.05) is 11.6 Å². The zero-order chi connectivity index (χ0) is 14.3. The van der Waals surface area contributed by atoms with E-state index in [4.69, 9.17) is 11.6 Å². The molecule has 2 aliphatic rings. The van der Waals surface area contributed by atoms with Crippen molar-refractivity contribution < 1.29 is 13.2 Å². The van der Waals surface area contributed by atoms with Crippen LogP contribution in [-0.4, -0.2) is 60.9 Å². The molecule has 2 aliphatic heterocycles. The Balaban J connectivity index is 1.82. The Bertz CT molecular complexity index is 634. The van der Waals surface area contributed by atoms with Crippen LogP contribution in [0.2, 0.25) is 5.15 Å². The third kappa shape index (κ3) is 2.23. The monoisotopic (exact) mass is 316 g/mol. The third-order valence-electron chi connectivity index (χ3n) is 3.53. The highest BCUT2D eigenvalue weighted by Gasteiger charge is 2.39. The van der Waals surface area contributed by atoms with Gasteiger partial charge in [0.1, 0.15) is 10.0 Å². The molecule has 0 spiro atoms. The number of hydrogen-bond acceptors (Lipinski definition) is 4. The first kappa shape index (κ1) is 13.6. The summed E-state index contributed by atoms with van der Waals surface area (Å²) >= 11 is 5.66. The molecule has 1 N–H and O–H groups in total. The first-order valence-corrected chi connectivity index (χ1v) is 7.96. The van der Waals surface area contributed by atoms with Gasteiger partial charge in [-0.3, -0.25) is 0 Å². The molecule has 3 heterocycles. The molecule has 20 heavy (non-hydrogen) atoms. The van der Waals surface area contributed by atoms with Gasteiger partial charge in [0.05, 0.1) is 6.04 Å². The normalized spacial score (nSPS) is 23.6. The van der Waals surface area contributed by atoms with E-state index in [-0.39, 0.29) is 28.7 Å². The van der Waals surface area contributed by atoms with E-state index in [2.05, 4.69) is 10.3 Å². The number of sulfonamides is 1. The maximum absolute atomic E-state index is 12.5. The predicted molar refractivity (Wildman–Crippen MR) is 71.9 cm³/mol. The van der Waals surface area contributed by atoms with Gasteiger partial charge >= 0.3 is 6.03 Å². The predicted octanol–water partition coefficient (Wildman–Crippen LogP) is 0.133. The van der Waals surface area contributed by atoms with Gasteiger partial charge < -0.3 is 10.2 Å². The molecule has 2 fully saturated rings. The van der Waals surface area contributed by atoms with Crippen LogP contribution in [0.1, 0.15) is 0 Å². The molecule has 7 nitrogen and oxygen atoms in total. The summed E-state index contributed by atoms with van der Waals surface area (Å²) in [5.41, 5.74) is 0. The first-order valence-electron chi connectivity index (χ1n) is 6.14. The van der Waals surface area contributed by atoms with E-state index in [1.165, 1.54) is 22.6 Å². The zero-order valence-corrected chi connectivity index (χ0v) is 12.1. The van der Waals surface area contributed by atoms with Crippen molar-refractivity contribution >= 4 is 27.7 Å². The van der Waals surface area contributed by atoms with Crippen LogP contribution in [0, 0.1) is 0 Å². The Morgan fingerprint density at radius 1 is 1.35 bits per heavy atom. The quantitative estimate of drug-likeness (QED) is 0.786. The molecule has 0 radical (unpaired) electrons. The minimum atomic E-state index is -3.59. The van der Waals surface area contributed by atoms with Crippen LogP contribution in [-0.2, 0) is 10.0 Å².